The van der Waals surface area contributed by atoms with E-state index in [-0.39, 0.29) is 18.2 Å². The van der Waals surface area contributed by atoms with Crippen LogP contribution in [0.2, 0.25) is 0 Å². The van der Waals surface area contributed by atoms with Gasteiger partial charge in [0.15, 0.2) is 0 Å². The molecule has 1 amide bonds. The van der Waals surface area contributed by atoms with E-state index < -0.39 is 15.4 Å². The van der Waals surface area contributed by atoms with E-state index in [0.717, 1.165) is 22.7 Å². The smallest absolute Gasteiger partial charge is 0.230 e. The van der Waals surface area contributed by atoms with Gasteiger partial charge in [-0.05, 0) is 30.5 Å². The Bertz CT molecular complexity index is 619. The Morgan fingerprint density at radius 1 is 1.29 bits per heavy atom. The summed E-state index contributed by atoms with van der Waals surface area (Å²) in [6.07, 6.45) is 1.56. The molecule has 0 radical (unpaired) electrons. The lowest BCUT2D eigenvalue weighted by molar-refractivity contribution is -0.123. The summed E-state index contributed by atoms with van der Waals surface area (Å²) in [5.74, 6) is -0.204. The van der Waals surface area contributed by atoms with Gasteiger partial charge in [0.05, 0.1) is 11.2 Å². The van der Waals surface area contributed by atoms with Gasteiger partial charge in [0.25, 0.3) is 0 Å². The highest BCUT2D eigenvalue weighted by Gasteiger charge is 2.51. The number of carbonyl (C=O) groups excluding carboxylic acids is 1. The molecule has 0 aliphatic heterocycles. The number of carbonyl (C=O) groups is 1. The van der Waals surface area contributed by atoms with Crippen LogP contribution in [-0.2, 0) is 20.2 Å². The van der Waals surface area contributed by atoms with Crippen molar-refractivity contribution < 1.29 is 13.2 Å². The lowest BCUT2D eigenvalue weighted by atomic mass is 9.95. The van der Waals surface area contributed by atoms with Gasteiger partial charge in [0, 0.05) is 26.3 Å². The average molecular weight is 311 g/mol. The van der Waals surface area contributed by atoms with Crippen LogP contribution in [0.4, 0.5) is 5.69 Å². The van der Waals surface area contributed by atoms with Gasteiger partial charge in [0.2, 0.25) is 15.9 Å². The summed E-state index contributed by atoms with van der Waals surface area (Å²) in [6.45, 7) is 0.121. The number of anilines is 1. The molecule has 0 bridgehead atoms. The summed E-state index contributed by atoms with van der Waals surface area (Å²) >= 11 is 0. The molecule has 116 valence electrons. The third-order valence-electron chi connectivity index (χ3n) is 3.85. The third-order valence-corrected chi connectivity index (χ3v) is 5.68. The normalized spacial score (nSPS) is 16.7. The minimum atomic E-state index is -3.29. The Balaban J connectivity index is 1.96. The molecule has 21 heavy (non-hydrogen) atoms. The summed E-state index contributed by atoms with van der Waals surface area (Å²) in [4.78, 5) is 12.3. The quantitative estimate of drug-likeness (QED) is 0.739. The van der Waals surface area contributed by atoms with E-state index in [9.17, 15) is 13.2 Å². The van der Waals surface area contributed by atoms with Gasteiger partial charge in [-0.2, -0.15) is 0 Å². The fourth-order valence-electron chi connectivity index (χ4n) is 2.22. The zero-order valence-corrected chi connectivity index (χ0v) is 13.1. The van der Waals surface area contributed by atoms with Crippen LogP contribution in [0.25, 0.3) is 0 Å². The van der Waals surface area contributed by atoms with Crippen LogP contribution < -0.4 is 11.1 Å². The maximum Gasteiger partial charge on any atom is 0.230 e. The topological polar surface area (TPSA) is 92.5 Å². The number of nitrogen functional groups attached to an aromatic ring is 1. The monoisotopic (exact) mass is 311 g/mol. The van der Waals surface area contributed by atoms with Crippen molar-refractivity contribution in [1.29, 1.82) is 0 Å². The van der Waals surface area contributed by atoms with Crippen molar-refractivity contribution in [2.45, 2.75) is 18.3 Å². The summed E-state index contributed by atoms with van der Waals surface area (Å²) in [6, 6.07) is 7.27. The number of nitrogens with two attached hydrogens (primary N) is 1. The van der Waals surface area contributed by atoms with Crippen molar-refractivity contribution in [2.75, 3.05) is 32.1 Å². The summed E-state index contributed by atoms with van der Waals surface area (Å²) < 4.78 is 24.4. The lowest BCUT2D eigenvalue weighted by Crippen LogP contribution is -2.39. The highest BCUT2D eigenvalue weighted by atomic mass is 32.2. The summed E-state index contributed by atoms with van der Waals surface area (Å²) in [7, 11) is -0.327. The van der Waals surface area contributed by atoms with Crippen molar-refractivity contribution >= 4 is 21.6 Å². The zero-order chi connectivity index (χ0) is 15.7. The van der Waals surface area contributed by atoms with Crippen molar-refractivity contribution in [1.82, 2.24) is 9.62 Å². The number of sulfonamides is 1. The molecule has 1 fully saturated rings. The Morgan fingerprint density at radius 3 is 2.33 bits per heavy atom. The van der Waals surface area contributed by atoms with Crippen LogP contribution in [0.1, 0.15) is 18.4 Å². The molecule has 0 saturated heterocycles. The van der Waals surface area contributed by atoms with Gasteiger partial charge in [0.1, 0.15) is 0 Å². The van der Waals surface area contributed by atoms with Crippen molar-refractivity contribution in [3.05, 3.63) is 29.8 Å². The Kier molecular flexibility index (Phi) is 4.25. The van der Waals surface area contributed by atoms with Crippen LogP contribution >= 0.6 is 0 Å². The molecule has 1 aromatic carbocycles. The molecule has 7 heteroatoms. The minimum absolute atomic E-state index is 0.0937. The highest BCUT2D eigenvalue weighted by Crippen LogP contribution is 2.48. The average Bonchev–Trinajstić information content (AvgIpc) is 3.20. The van der Waals surface area contributed by atoms with Crippen LogP contribution in [0.3, 0.4) is 0 Å². The number of nitrogens with zero attached hydrogens (tertiary/aromatic N) is 1. The summed E-state index contributed by atoms with van der Waals surface area (Å²) in [5, 5.41) is 2.73. The first-order chi connectivity index (χ1) is 9.78. The Morgan fingerprint density at radius 2 is 1.86 bits per heavy atom. The predicted octanol–water partition coefficient (Wildman–Crippen LogP) is 0.308. The second kappa shape index (κ2) is 5.65. The molecule has 0 unspecified atom stereocenters. The second-order valence-corrected chi connectivity index (χ2v) is 7.86. The molecule has 1 aliphatic rings. The lowest BCUT2D eigenvalue weighted by Gasteiger charge is -2.17. The van der Waals surface area contributed by atoms with Gasteiger partial charge in [-0.25, -0.2) is 12.7 Å². The van der Waals surface area contributed by atoms with E-state index in [2.05, 4.69) is 5.32 Å². The van der Waals surface area contributed by atoms with Crippen LogP contribution in [0.5, 0.6) is 0 Å². The SMILES string of the molecule is CN(C)S(=O)(=O)CCNC(=O)C1(c2ccc(N)cc2)CC1. The molecule has 0 aromatic heterocycles. The molecule has 1 saturated carbocycles. The van der Waals surface area contributed by atoms with Gasteiger partial charge < -0.3 is 11.1 Å². The molecule has 0 spiro atoms. The Labute approximate surface area is 125 Å². The molecule has 2 rings (SSSR count). The molecule has 0 atom stereocenters. The van der Waals surface area contributed by atoms with Gasteiger partial charge in [-0.15, -0.1) is 0 Å². The number of benzene rings is 1. The standard InChI is InChI=1S/C14H21N3O3S/c1-17(2)21(19,20)10-9-16-13(18)14(7-8-14)11-3-5-12(15)6-4-11/h3-6H,7-10,15H2,1-2H3,(H,16,18). The first-order valence-electron chi connectivity index (χ1n) is 6.82. The Hall–Kier alpha value is -1.60. The number of nitrogens with one attached hydrogen (secondary N) is 1. The van der Waals surface area contributed by atoms with Crippen molar-refractivity contribution in [2.24, 2.45) is 0 Å². The van der Waals surface area contributed by atoms with E-state index in [1.165, 1.54) is 14.1 Å². The van der Waals surface area contributed by atoms with E-state index >= 15 is 0 Å². The number of hydrogen-bond acceptors (Lipinski definition) is 4. The predicted molar refractivity (Wildman–Crippen MR) is 82.2 cm³/mol. The molecule has 3 N–H and O–H groups in total. The van der Waals surface area contributed by atoms with E-state index in [4.69, 9.17) is 5.73 Å². The first kappa shape index (κ1) is 15.8. The number of amides is 1. The van der Waals surface area contributed by atoms with Crippen molar-refractivity contribution in [3.8, 4) is 0 Å². The highest BCUT2D eigenvalue weighted by molar-refractivity contribution is 7.89. The molecule has 1 aliphatic carbocycles. The van der Waals surface area contributed by atoms with Gasteiger partial charge >= 0.3 is 0 Å². The minimum Gasteiger partial charge on any atom is -0.399 e. The number of rotatable bonds is 6. The third kappa shape index (κ3) is 3.36. The second-order valence-electron chi connectivity index (χ2n) is 5.56. The van der Waals surface area contributed by atoms with Crippen LogP contribution in [-0.4, -0.2) is 45.0 Å². The summed E-state index contributed by atoms with van der Waals surface area (Å²) in [5.41, 5.74) is 6.74. The van der Waals surface area contributed by atoms with E-state index in [1.807, 2.05) is 12.1 Å². The molecule has 0 heterocycles. The van der Waals surface area contributed by atoms with Crippen LogP contribution in [0.15, 0.2) is 24.3 Å². The van der Waals surface area contributed by atoms with E-state index in [1.54, 1.807) is 12.1 Å². The molecular weight excluding hydrogens is 290 g/mol. The van der Waals surface area contributed by atoms with Crippen LogP contribution in [0, 0.1) is 0 Å². The maximum absolute atomic E-state index is 12.3. The first-order valence-corrected chi connectivity index (χ1v) is 8.43. The van der Waals surface area contributed by atoms with Gasteiger partial charge in [-0.3, -0.25) is 4.79 Å². The zero-order valence-electron chi connectivity index (χ0n) is 12.3. The fraction of sp³-hybridized carbons (Fsp3) is 0.500. The fourth-order valence-corrected chi connectivity index (χ4v) is 2.94. The molecule has 1 aromatic rings. The van der Waals surface area contributed by atoms with Crippen molar-refractivity contribution in [3.63, 3.8) is 0 Å². The maximum atomic E-state index is 12.3. The van der Waals surface area contributed by atoms with E-state index in [0.29, 0.717) is 5.69 Å². The molecular formula is C14H21N3O3S. The van der Waals surface area contributed by atoms with Gasteiger partial charge in [-0.1, -0.05) is 12.1 Å². The molecule has 6 nitrogen and oxygen atoms in total. The largest absolute Gasteiger partial charge is 0.399 e. The number of hydrogen-bond donors (Lipinski definition) is 2.